The largest absolute Gasteiger partial charge is 0.342 e. The zero-order chi connectivity index (χ0) is 29.6. The number of para-hydroxylation sites is 1. The van der Waals surface area contributed by atoms with Crippen molar-refractivity contribution < 1.29 is 8.78 Å². The molecule has 4 aromatic rings. The molecule has 0 aliphatic rings. The van der Waals surface area contributed by atoms with E-state index in [1.54, 1.807) is 30.1 Å². The van der Waals surface area contributed by atoms with E-state index in [0.717, 1.165) is 45.8 Å². The first-order valence-electron chi connectivity index (χ1n) is 13.5. The van der Waals surface area contributed by atoms with Crippen LogP contribution >= 0.6 is 11.8 Å². The molecule has 1 heterocycles. The predicted molar refractivity (Wildman–Crippen MR) is 169 cm³/mol. The molecule has 0 amide bonds. The maximum Gasteiger partial charge on any atom is 0.288 e. The number of nitrogens with one attached hydrogen (secondary N) is 2. The molecule has 0 unspecified atom stereocenters. The molecule has 0 radical (unpaired) electrons. The quantitative estimate of drug-likeness (QED) is 0.145. The number of alkyl halides is 2. The number of aromatic nitrogens is 2. The van der Waals surface area contributed by atoms with Crippen molar-refractivity contribution in [2.45, 2.75) is 51.4 Å². The Kier molecular flexibility index (Phi) is 9.45. The second-order valence-electron chi connectivity index (χ2n) is 9.59. The minimum Gasteiger partial charge on any atom is -0.342 e. The van der Waals surface area contributed by atoms with Crippen molar-refractivity contribution in [1.82, 2.24) is 9.78 Å². The van der Waals surface area contributed by atoms with Gasteiger partial charge in [-0.1, -0.05) is 69.1 Å². The minimum absolute atomic E-state index is 0.336. The number of halogens is 2. The Morgan fingerprint density at radius 3 is 2.37 bits per heavy atom. The summed E-state index contributed by atoms with van der Waals surface area (Å²) in [6.45, 7) is 15.4. The number of anilines is 2. The number of nitrogens with zero attached hydrogens (tertiary/aromatic N) is 3. The van der Waals surface area contributed by atoms with Crippen LogP contribution < -0.4 is 21.1 Å². The standard InChI is InChI=1S/C33H35F2N5S/c1-7-24-18-22(4)29(19-25(24)8-2)32(36-9-3)41-28-17-13-14-26(20-28)37-23(5)38-31-21-30(33(6,34)35)39-40(31)27-15-11-10-12-16-27/h9-21,37-38H,4-5,7-8H2,1-3,6H3/b32-29+,36-9-. The first-order chi connectivity index (χ1) is 19.6. The highest BCUT2D eigenvalue weighted by Gasteiger charge is 2.29. The SMILES string of the molecule is C=C(Nc1cccc(SC(/N=C\C)=c2\cc(CC)c(CC)cc2=C)c1)Nc1cc(C(C)(F)F)nn1-c1ccccc1. The average molecular weight is 572 g/mol. The van der Waals surface area contributed by atoms with Gasteiger partial charge in [0.25, 0.3) is 5.92 Å². The van der Waals surface area contributed by atoms with Crippen molar-refractivity contribution in [1.29, 1.82) is 0 Å². The molecule has 0 aliphatic carbocycles. The monoisotopic (exact) mass is 571 g/mol. The number of hydrogen-bond donors (Lipinski definition) is 2. The molecule has 1 aromatic heterocycles. The topological polar surface area (TPSA) is 54.2 Å². The summed E-state index contributed by atoms with van der Waals surface area (Å²) < 4.78 is 29.7. The van der Waals surface area contributed by atoms with E-state index in [1.165, 1.54) is 21.9 Å². The second-order valence-corrected chi connectivity index (χ2v) is 10.6. The molecule has 3 aromatic carbocycles. The van der Waals surface area contributed by atoms with E-state index in [1.807, 2.05) is 49.4 Å². The Bertz CT molecular complexity index is 1670. The van der Waals surface area contributed by atoms with Gasteiger partial charge in [0.2, 0.25) is 0 Å². The van der Waals surface area contributed by atoms with Gasteiger partial charge in [0, 0.05) is 35.0 Å². The molecule has 0 bridgehead atoms. The third-order valence-electron chi connectivity index (χ3n) is 6.45. The third kappa shape index (κ3) is 7.32. The molecule has 4 rings (SSSR count). The molecule has 41 heavy (non-hydrogen) atoms. The second kappa shape index (κ2) is 13.0. The van der Waals surface area contributed by atoms with Crippen LogP contribution in [0.3, 0.4) is 0 Å². The highest BCUT2D eigenvalue weighted by molar-refractivity contribution is 8.07. The summed E-state index contributed by atoms with van der Waals surface area (Å²) in [4.78, 5) is 5.66. The normalized spacial score (nSPS) is 12.4. The molecule has 0 fully saturated rings. The molecule has 8 heteroatoms. The van der Waals surface area contributed by atoms with Gasteiger partial charge < -0.3 is 10.6 Å². The van der Waals surface area contributed by atoms with E-state index in [0.29, 0.717) is 17.3 Å². The van der Waals surface area contributed by atoms with Crippen molar-refractivity contribution in [3.63, 3.8) is 0 Å². The Morgan fingerprint density at radius 1 is 1.00 bits per heavy atom. The number of hydrogen-bond acceptors (Lipinski definition) is 5. The van der Waals surface area contributed by atoms with Gasteiger partial charge in [-0.05, 0) is 72.5 Å². The van der Waals surface area contributed by atoms with Crippen LogP contribution in [0.2, 0.25) is 0 Å². The van der Waals surface area contributed by atoms with Crippen LogP contribution in [0.5, 0.6) is 0 Å². The van der Waals surface area contributed by atoms with Gasteiger partial charge in [-0.3, -0.25) is 4.99 Å². The van der Waals surface area contributed by atoms with E-state index in [4.69, 9.17) is 0 Å². The first-order valence-corrected chi connectivity index (χ1v) is 14.3. The van der Waals surface area contributed by atoms with E-state index >= 15 is 0 Å². The van der Waals surface area contributed by atoms with Gasteiger partial charge in [0.05, 0.1) is 5.69 Å². The summed E-state index contributed by atoms with van der Waals surface area (Å²) in [5.74, 6) is -2.31. The maximum atomic E-state index is 14.1. The summed E-state index contributed by atoms with van der Waals surface area (Å²) in [6.07, 6.45) is 3.70. The fourth-order valence-electron chi connectivity index (χ4n) is 4.43. The van der Waals surface area contributed by atoms with Crippen molar-refractivity contribution in [3.8, 4) is 5.69 Å². The van der Waals surface area contributed by atoms with Gasteiger partial charge in [0.15, 0.2) is 0 Å². The Hall–Kier alpha value is -4.17. The van der Waals surface area contributed by atoms with Gasteiger partial charge in [-0.25, -0.2) is 4.68 Å². The summed E-state index contributed by atoms with van der Waals surface area (Å²) in [7, 11) is 0. The predicted octanol–water partition coefficient (Wildman–Crippen LogP) is 7.46. The highest BCUT2D eigenvalue weighted by atomic mass is 32.2. The molecule has 5 nitrogen and oxygen atoms in total. The number of aryl methyl sites for hydroxylation is 2. The maximum absolute atomic E-state index is 14.1. The molecule has 0 aliphatic heterocycles. The number of benzene rings is 3. The lowest BCUT2D eigenvalue weighted by Crippen LogP contribution is -2.26. The van der Waals surface area contributed by atoms with E-state index < -0.39 is 5.92 Å². The lowest BCUT2D eigenvalue weighted by Gasteiger charge is -2.14. The number of thioether (sulfide) groups is 1. The molecule has 0 atom stereocenters. The number of aliphatic imine (C=N–C) groups is 1. The third-order valence-corrected chi connectivity index (χ3v) is 7.45. The molecular weight excluding hydrogens is 536 g/mol. The van der Waals surface area contributed by atoms with E-state index in [2.05, 4.69) is 59.9 Å². The van der Waals surface area contributed by atoms with Crippen LogP contribution in [-0.2, 0) is 18.8 Å². The Morgan fingerprint density at radius 2 is 1.71 bits per heavy atom. The zero-order valence-electron chi connectivity index (χ0n) is 23.8. The van der Waals surface area contributed by atoms with Crippen LogP contribution in [0.25, 0.3) is 17.3 Å². The molecule has 2 N–H and O–H groups in total. The van der Waals surface area contributed by atoms with Crippen molar-refractivity contribution >= 4 is 41.1 Å². The Balaban J connectivity index is 1.59. The molecule has 0 saturated carbocycles. The van der Waals surface area contributed by atoms with Gasteiger partial charge in [-0.2, -0.15) is 13.9 Å². The average Bonchev–Trinajstić information content (AvgIpc) is 3.37. The Labute approximate surface area is 244 Å². The van der Waals surface area contributed by atoms with Crippen molar-refractivity contribution in [2.24, 2.45) is 4.99 Å². The summed E-state index contributed by atoms with van der Waals surface area (Å²) in [5, 5.41) is 13.3. The zero-order valence-corrected chi connectivity index (χ0v) is 24.7. The summed E-state index contributed by atoms with van der Waals surface area (Å²) in [6, 6.07) is 22.7. The summed E-state index contributed by atoms with van der Waals surface area (Å²) >= 11 is 1.56. The van der Waals surface area contributed by atoms with Crippen LogP contribution in [0, 0.1) is 0 Å². The lowest BCUT2D eigenvalue weighted by atomic mass is 10.0. The fourth-order valence-corrected chi connectivity index (χ4v) is 5.44. The molecular formula is C33H35F2N5S. The van der Waals surface area contributed by atoms with Crippen LogP contribution in [0.1, 0.15) is 44.5 Å². The van der Waals surface area contributed by atoms with Crippen LogP contribution in [0.4, 0.5) is 20.3 Å². The van der Waals surface area contributed by atoms with Gasteiger partial charge in [-0.15, -0.1) is 0 Å². The van der Waals surface area contributed by atoms with Crippen molar-refractivity contribution in [2.75, 3.05) is 10.6 Å². The van der Waals surface area contributed by atoms with Gasteiger partial charge >= 0.3 is 0 Å². The van der Waals surface area contributed by atoms with Crippen LogP contribution in [0.15, 0.2) is 95.1 Å². The molecule has 212 valence electrons. The smallest absolute Gasteiger partial charge is 0.288 e. The van der Waals surface area contributed by atoms with E-state index in [-0.39, 0.29) is 5.69 Å². The highest BCUT2D eigenvalue weighted by Crippen LogP contribution is 2.31. The fraction of sp³-hybridized carbons (Fsp3) is 0.212. The minimum atomic E-state index is -3.09. The van der Waals surface area contributed by atoms with Crippen LogP contribution in [-0.4, -0.2) is 16.0 Å². The van der Waals surface area contributed by atoms with Gasteiger partial charge in [0.1, 0.15) is 22.4 Å². The molecule has 0 saturated heterocycles. The summed E-state index contributed by atoms with van der Waals surface area (Å²) in [5.41, 5.74) is 3.71. The van der Waals surface area contributed by atoms with Crippen molar-refractivity contribution in [3.05, 3.63) is 112 Å². The number of rotatable bonds is 11. The van der Waals surface area contributed by atoms with E-state index in [9.17, 15) is 8.78 Å². The lowest BCUT2D eigenvalue weighted by molar-refractivity contribution is 0.0124. The first kappa shape index (κ1) is 29.8. The molecule has 0 spiro atoms.